The van der Waals surface area contributed by atoms with Gasteiger partial charge in [0.2, 0.25) is 11.7 Å². The monoisotopic (exact) mass is 368 g/mol. The third-order valence-electron chi connectivity index (χ3n) is 6.02. The van der Waals surface area contributed by atoms with Crippen LogP contribution in [0.1, 0.15) is 44.6 Å². The minimum absolute atomic E-state index is 0.00925. The molecular formula is C20H24N4O3. The average molecular weight is 368 g/mol. The maximum absolute atomic E-state index is 13.2. The van der Waals surface area contributed by atoms with Crippen LogP contribution in [0.4, 0.5) is 4.79 Å². The Balaban J connectivity index is 1.57. The van der Waals surface area contributed by atoms with Gasteiger partial charge in [-0.15, -0.1) is 0 Å². The van der Waals surface area contributed by atoms with E-state index in [0.717, 1.165) is 30.4 Å². The van der Waals surface area contributed by atoms with Crippen LogP contribution in [-0.2, 0) is 11.3 Å². The van der Waals surface area contributed by atoms with Crippen molar-refractivity contribution in [1.29, 1.82) is 0 Å². The summed E-state index contributed by atoms with van der Waals surface area (Å²) in [5, 5.41) is 6.98. The minimum Gasteiger partial charge on any atom is -0.337 e. The fourth-order valence-electron chi connectivity index (χ4n) is 4.45. The molecule has 7 nitrogen and oxygen atoms in total. The summed E-state index contributed by atoms with van der Waals surface area (Å²) in [4.78, 5) is 31.4. The number of hydrogen-bond acceptors (Lipinski definition) is 5. The zero-order valence-corrected chi connectivity index (χ0v) is 15.9. The first-order valence-corrected chi connectivity index (χ1v) is 9.45. The van der Waals surface area contributed by atoms with Gasteiger partial charge >= 0.3 is 6.03 Å². The molecule has 142 valence electrons. The van der Waals surface area contributed by atoms with Crippen LogP contribution in [0.15, 0.2) is 28.8 Å². The van der Waals surface area contributed by atoms with Gasteiger partial charge in [-0.05, 0) is 37.7 Å². The van der Waals surface area contributed by atoms with Crippen molar-refractivity contribution in [3.8, 4) is 11.4 Å². The number of nitrogens with one attached hydrogen (secondary N) is 1. The Morgan fingerprint density at radius 1 is 1.26 bits per heavy atom. The second-order valence-electron chi connectivity index (χ2n) is 7.80. The molecular weight excluding hydrogens is 344 g/mol. The van der Waals surface area contributed by atoms with Crippen molar-refractivity contribution < 1.29 is 14.1 Å². The van der Waals surface area contributed by atoms with Gasteiger partial charge in [0.15, 0.2) is 0 Å². The lowest BCUT2D eigenvalue weighted by atomic mass is 9.67. The van der Waals surface area contributed by atoms with Gasteiger partial charge in [-0.25, -0.2) is 4.79 Å². The van der Waals surface area contributed by atoms with Crippen LogP contribution >= 0.6 is 0 Å². The molecule has 1 saturated carbocycles. The van der Waals surface area contributed by atoms with Crippen LogP contribution in [0, 0.1) is 18.8 Å². The molecule has 2 aromatic rings. The SMILES string of the molecule is Cc1cccc(-c2noc(CN3C(=O)NC4(C3=O)C(C)CCCC4C)n2)c1. The molecule has 1 aromatic heterocycles. The fraction of sp³-hybridized carbons (Fsp3) is 0.500. The third-order valence-corrected chi connectivity index (χ3v) is 6.02. The van der Waals surface area contributed by atoms with Crippen molar-refractivity contribution in [3.05, 3.63) is 35.7 Å². The van der Waals surface area contributed by atoms with E-state index in [-0.39, 0.29) is 36.2 Å². The van der Waals surface area contributed by atoms with Crippen molar-refractivity contribution in [2.24, 2.45) is 11.8 Å². The molecule has 0 bridgehead atoms. The van der Waals surface area contributed by atoms with Gasteiger partial charge in [-0.3, -0.25) is 9.69 Å². The molecule has 2 fully saturated rings. The molecule has 1 aliphatic carbocycles. The predicted octanol–water partition coefficient (Wildman–Crippen LogP) is 3.29. The Morgan fingerprint density at radius 3 is 2.70 bits per heavy atom. The zero-order chi connectivity index (χ0) is 19.2. The van der Waals surface area contributed by atoms with Crippen molar-refractivity contribution >= 4 is 11.9 Å². The molecule has 1 saturated heterocycles. The summed E-state index contributed by atoms with van der Waals surface area (Å²) < 4.78 is 5.31. The van der Waals surface area contributed by atoms with Gasteiger partial charge in [0.25, 0.3) is 5.91 Å². The molecule has 2 aliphatic rings. The molecule has 1 N–H and O–H groups in total. The molecule has 1 aromatic carbocycles. The van der Waals surface area contributed by atoms with Gasteiger partial charge < -0.3 is 9.84 Å². The Kier molecular flexibility index (Phi) is 4.25. The topological polar surface area (TPSA) is 88.3 Å². The standard InChI is InChI=1S/C20H24N4O3/c1-12-6-4-9-15(10-12)17-21-16(27-23-17)11-24-18(25)20(22-19(24)26)13(2)7-5-8-14(20)3/h4,6,9-10,13-14H,5,7-8,11H2,1-3H3,(H,22,26). The first-order valence-electron chi connectivity index (χ1n) is 9.45. The van der Waals surface area contributed by atoms with Gasteiger partial charge in [0.1, 0.15) is 12.1 Å². The normalized spacial score (nSPS) is 28.0. The second-order valence-corrected chi connectivity index (χ2v) is 7.80. The highest BCUT2D eigenvalue weighted by Crippen LogP contribution is 2.42. The number of amides is 3. The molecule has 27 heavy (non-hydrogen) atoms. The highest BCUT2D eigenvalue weighted by molar-refractivity contribution is 6.07. The highest BCUT2D eigenvalue weighted by atomic mass is 16.5. The number of carbonyl (C=O) groups is 2. The molecule has 7 heteroatoms. The van der Waals surface area contributed by atoms with E-state index in [1.54, 1.807) is 0 Å². The number of nitrogens with zero attached hydrogens (tertiary/aromatic N) is 3. The van der Waals surface area contributed by atoms with Crippen LogP contribution in [0.5, 0.6) is 0 Å². The van der Waals surface area contributed by atoms with Gasteiger partial charge in [-0.1, -0.05) is 49.2 Å². The number of imide groups is 1. The van der Waals surface area contributed by atoms with Crippen LogP contribution in [0.3, 0.4) is 0 Å². The molecule has 2 unspecified atom stereocenters. The van der Waals surface area contributed by atoms with E-state index in [0.29, 0.717) is 5.82 Å². The van der Waals surface area contributed by atoms with Crippen molar-refractivity contribution in [1.82, 2.24) is 20.4 Å². The van der Waals surface area contributed by atoms with Crippen LogP contribution < -0.4 is 5.32 Å². The maximum Gasteiger partial charge on any atom is 0.325 e. The number of hydrogen-bond donors (Lipinski definition) is 1. The lowest BCUT2D eigenvalue weighted by Gasteiger charge is -2.42. The average Bonchev–Trinajstić information content (AvgIpc) is 3.19. The molecule has 2 atom stereocenters. The second kappa shape index (κ2) is 6.48. The van der Waals surface area contributed by atoms with Crippen molar-refractivity contribution in [3.63, 3.8) is 0 Å². The first kappa shape index (κ1) is 17.7. The lowest BCUT2D eigenvalue weighted by molar-refractivity contribution is -0.137. The number of benzene rings is 1. The van der Waals surface area contributed by atoms with E-state index in [2.05, 4.69) is 15.5 Å². The van der Waals surface area contributed by atoms with Crippen LogP contribution in [-0.4, -0.2) is 32.5 Å². The number of aryl methyl sites for hydroxylation is 1. The number of aromatic nitrogens is 2. The molecule has 4 rings (SSSR count). The van der Waals surface area contributed by atoms with Crippen molar-refractivity contribution in [2.45, 2.75) is 52.1 Å². The van der Waals surface area contributed by atoms with E-state index in [9.17, 15) is 9.59 Å². The van der Waals surface area contributed by atoms with E-state index in [4.69, 9.17) is 4.52 Å². The molecule has 3 amide bonds. The van der Waals surface area contributed by atoms with E-state index in [1.165, 1.54) is 4.90 Å². The summed E-state index contributed by atoms with van der Waals surface area (Å²) in [6.45, 7) is 6.06. The Labute approximate surface area is 158 Å². The predicted molar refractivity (Wildman–Crippen MR) is 98.5 cm³/mol. The third kappa shape index (κ3) is 2.81. The number of carbonyl (C=O) groups excluding carboxylic acids is 2. The summed E-state index contributed by atoms with van der Waals surface area (Å²) in [5.41, 5.74) is 1.12. The fourth-order valence-corrected chi connectivity index (χ4v) is 4.45. The summed E-state index contributed by atoms with van der Waals surface area (Å²) >= 11 is 0. The van der Waals surface area contributed by atoms with Gasteiger partial charge in [0, 0.05) is 5.56 Å². The van der Waals surface area contributed by atoms with E-state index >= 15 is 0 Å². The minimum atomic E-state index is -0.811. The number of rotatable bonds is 3. The Hall–Kier alpha value is -2.70. The smallest absolute Gasteiger partial charge is 0.325 e. The Bertz CT molecular complexity index is 881. The lowest BCUT2D eigenvalue weighted by Crippen LogP contribution is -2.58. The highest BCUT2D eigenvalue weighted by Gasteiger charge is 2.58. The number of urea groups is 1. The maximum atomic E-state index is 13.2. The van der Waals surface area contributed by atoms with Gasteiger partial charge in [-0.2, -0.15) is 4.98 Å². The van der Waals surface area contributed by atoms with Crippen LogP contribution in [0.2, 0.25) is 0 Å². The van der Waals surface area contributed by atoms with E-state index < -0.39 is 5.54 Å². The Morgan fingerprint density at radius 2 is 2.00 bits per heavy atom. The molecule has 2 heterocycles. The summed E-state index contributed by atoms with van der Waals surface area (Å²) in [6.07, 6.45) is 2.95. The summed E-state index contributed by atoms with van der Waals surface area (Å²) in [6, 6.07) is 7.39. The molecule has 1 aliphatic heterocycles. The first-order chi connectivity index (χ1) is 12.9. The summed E-state index contributed by atoms with van der Waals surface area (Å²) in [7, 11) is 0. The van der Waals surface area contributed by atoms with Crippen LogP contribution in [0.25, 0.3) is 11.4 Å². The van der Waals surface area contributed by atoms with E-state index in [1.807, 2.05) is 45.0 Å². The quantitative estimate of drug-likeness (QED) is 0.840. The zero-order valence-electron chi connectivity index (χ0n) is 15.9. The van der Waals surface area contributed by atoms with Crippen molar-refractivity contribution in [2.75, 3.05) is 0 Å². The molecule has 1 spiro atoms. The molecule has 0 radical (unpaired) electrons. The summed E-state index contributed by atoms with van der Waals surface area (Å²) in [5.74, 6) is 0.738. The largest absolute Gasteiger partial charge is 0.337 e. The van der Waals surface area contributed by atoms with Gasteiger partial charge in [0.05, 0.1) is 0 Å².